The van der Waals surface area contributed by atoms with Crippen molar-refractivity contribution in [2.75, 3.05) is 0 Å². The summed E-state index contributed by atoms with van der Waals surface area (Å²) >= 11 is 0. The maximum Gasteiger partial charge on any atom is 0.222 e. The molecule has 0 saturated carbocycles. The molecule has 0 atom stereocenters. The van der Waals surface area contributed by atoms with Gasteiger partial charge in [-0.1, -0.05) is 6.58 Å². The molecule has 3 heteroatoms. The third-order valence-electron chi connectivity index (χ3n) is 0.328. The monoisotopic (exact) mass is 81.0 g/mol. The molecule has 2 nitrogen and oxygen atoms in total. The minimum Gasteiger partial charge on any atom is -0.435 e. The number of aldehydes is 1. The van der Waals surface area contributed by atoms with E-state index in [-0.39, 0.29) is 5.70 Å². The van der Waals surface area contributed by atoms with E-state index in [1.165, 1.54) is 0 Å². The predicted molar refractivity (Wildman–Crippen MR) is 24.1 cm³/mol. The molecule has 0 amide bonds. The summed E-state index contributed by atoms with van der Waals surface area (Å²) < 4.78 is 0. The van der Waals surface area contributed by atoms with E-state index in [0.29, 0.717) is 6.29 Å². The summed E-state index contributed by atoms with van der Waals surface area (Å²) in [4.78, 5) is 9.49. The van der Waals surface area contributed by atoms with Gasteiger partial charge in [0.1, 0.15) is 0 Å². The summed E-state index contributed by atoms with van der Waals surface area (Å²) in [5, 5.41) is 2.05. The Labute approximate surface area is 37.7 Å². The first kappa shape index (κ1) is 5.27. The second-order valence-electron chi connectivity index (χ2n) is 0.787. The number of nitrogens with one attached hydrogen (secondary N) is 1. The van der Waals surface area contributed by atoms with Gasteiger partial charge in [-0.05, 0) is 0 Å². The van der Waals surface area contributed by atoms with Crippen molar-refractivity contribution >= 4 is 14.3 Å². The minimum absolute atomic E-state index is 0.190. The Morgan fingerprint density at radius 3 is 2.50 bits per heavy atom. The van der Waals surface area contributed by atoms with Crippen LogP contribution in [-0.2, 0) is 4.79 Å². The highest BCUT2D eigenvalue weighted by Gasteiger charge is 1.74. The molecule has 0 bridgehead atoms. The second kappa shape index (κ2) is 2.51. The normalized spacial score (nSPS) is 6.67. The molecule has 0 aromatic carbocycles. The molecule has 0 aliphatic rings. The first-order chi connectivity index (χ1) is 2.81. The molecule has 0 saturated heterocycles. The molecule has 1 N–H and O–H groups in total. The van der Waals surface area contributed by atoms with Crippen molar-refractivity contribution in [3.05, 3.63) is 12.3 Å². The molecule has 30 valence electrons. The predicted octanol–water partition coefficient (Wildman–Crippen LogP) is -0.628. The highest BCUT2D eigenvalue weighted by atomic mass is 16.1. The molecule has 0 aliphatic heterocycles. The fourth-order valence-electron chi connectivity index (χ4n) is 0.0340. The van der Waals surface area contributed by atoms with E-state index in [4.69, 9.17) is 7.98 Å². The van der Waals surface area contributed by atoms with Crippen LogP contribution in [0, 0.1) is 0 Å². The zero-order valence-electron chi connectivity index (χ0n) is 3.27. The summed E-state index contributed by atoms with van der Waals surface area (Å²) in [6.07, 6.45) is 0.542. The first-order valence-electron chi connectivity index (χ1n) is 1.42. The van der Waals surface area contributed by atoms with Gasteiger partial charge in [0.05, 0.1) is 5.70 Å². The van der Waals surface area contributed by atoms with E-state index in [1.807, 2.05) is 0 Å². The van der Waals surface area contributed by atoms with E-state index in [2.05, 4.69) is 11.8 Å². The molecule has 0 rings (SSSR count). The van der Waals surface area contributed by atoms with Crippen LogP contribution in [0.25, 0.3) is 0 Å². The first-order valence-corrected chi connectivity index (χ1v) is 1.42. The average Bonchev–Trinajstić information content (AvgIpc) is 1.65. The Balaban J connectivity index is 3.23. The lowest BCUT2D eigenvalue weighted by Crippen LogP contribution is -2.06. The van der Waals surface area contributed by atoms with Gasteiger partial charge in [0.2, 0.25) is 7.98 Å². The third kappa shape index (κ3) is 1.58. The summed E-state index contributed by atoms with van der Waals surface area (Å²) in [5.41, 5.74) is 0.190. The van der Waals surface area contributed by atoms with Crippen LogP contribution in [0.15, 0.2) is 12.3 Å². The molecule has 0 heterocycles. The van der Waals surface area contributed by atoms with Crippen LogP contribution < -0.4 is 5.23 Å². The van der Waals surface area contributed by atoms with E-state index >= 15 is 0 Å². The van der Waals surface area contributed by atoms with Gasteiger partial charge in [-0.3, -0.25) is 4.79 Å². The van der Waals surface area contributed by atoms with Gasteiger partial charge in [-0.2, -0.15) is 0 Å². The molecule has 6 heavy (non-hydrogen) atoms. The molecule has 0 fully saturated rings. The maximum absolute atomic E-state index is 9.49. The van der Waals surface area contributed by atoms with Crippen molar-refractivity contribution in [1.29, 1.82) is 0 Å². The lowest BCUT2D eigenvalue weighted by Gasteiger charge is -1.86. The largest absolute Gasteiger partial charge is 0.435 e. The zero-order chi connectivity index (χ0) is 4.99. The highest BCUT2D eigenvalue weighted by Crippen LogP contribution is 1.64. The van der Waals surface area contributed by atoms with Crippen molar-refractivity contribution in [3.63, 3.8) is 0 Å². The maximum atomic E-state index is 9.49. The second-order valence-corrected chi connectivity index (χ2v) is 0.787. The number of allylic oxidation sites excluding steroid dienone is 1. The fourth-order valence-corrected chi connectivity index (χ4v) is 0.0340. The topological polar surface area (TPSA) is 29.1 Å². The van der Waals surface area contributed by atoms with Gasteiger partial charge in [-0.25, -0.2) is 0 Å². The molecule has 0 aromatic heterocycles. The van der Waals surface area contributed by atoms with Crippen LogP contribution >= 0.6 is 0 Å². The van der Waals surface area contributed by atoms with E-state index in [9.17, 15) is 4.79 Å². The van der Waals surface area contributed by atoms with Crippen molar-refractivity contribution in [2.45, 2.75) is 0 Å². The van der Waals surface area contributed by atoms with Crippen LogP contribution in [-0.4, -0.2) is 14.3 Å². The Morgan fingerprint density at radius 1 is 2.00 bits per heavy atom. The average molecular weight is 80.9 g/mol. The molecule has 0 aromatic rings. The van der Waals surface area contributed by atoms with Gasteiger partial charge < -0.3 is 5.23 Å². The van der Waals surface area contributed by atoms with Gasteiger partial charge >= 0.3 is 0 Å². The fraction of sp³-hybridized carbons (Fsp3) is 0. The Bertz CT molecular complexity index is 71.2. The molecule has 0 aliphatic carbocycles. The Morgan fingerprint density at radius 2 is 2.50 bits per heavy atom. The van der Waals surface area contributed by atoms with Crippen molar-refractivity contribution < 1.29 is 4.79 Å². The summed E-state index contributed by atoms with van der Waals surface area (Å²) in [7, 11) is 4.70. The number of hydrogen-bond acceptors (Lipinski definition) is 2. The van der Waals surface area contributed by atoms with Crippen LogP contribution in [0.3, 0.4) is 0 Å². The minimum atomic E-state index is 0.190. The quantitative estimate of drug-likeness (QED) is 0.272. The van der Waals surface area contributed by atoms with Crippen molar-refractivity contribution in [1.82, 2.24) is 5.23 Å². The lowest BCUT2D eigenvalue weighted by atomic mass is 10.4. The van der Waals surface area contributed by atoms with E-state index in [1.54, 1.807) is 0 Å². The number of hydrogen-bond donors (Lipinski definition) is 1. The molecule has 0 spiro atoms. The van der Waals surface area contributed by atoms with E-state index in [0.717, 1.165) is 0 Å². The van der Waals surface area contributed by atoms with Crippen LogP contribution in [0.1, 0.15) is 0 Å². The van der Waals surface area contributed by atoms with Gasteiger partial charge in [0, 0.05) is 0 Å². The zero-order valence-corrected chi connectivity index (χ0v) is 3.27. The van der Waals surface area contributed by atoms with Crippen LogP contribution in [0.4, 0.5) is 0 Å². The van der Waals surface area contributed by atoms with Gasteiger partial charge in [0.25, 0.3) is 0 Å². The van der Waals surface area contributed by atoms with Gasteiger partial charge in [0.15, 0.2) is 6.29 Å². The van der Waals surface area contributed by atoms with Crippen molar-refractivity contribution in [3.8, 4) is 0 Å². The smallest absolute Gasteiger partial charge is 0.222 e. The van der Waals surface area contributed by atoms with Gasteiger partial charge in [-0.15, -0.1) is 0 Å². The number of carbonyl (C=O) groups excluding carboxylic acids is 1. The van der Waals surface area contributed by atoms with Crippen molar-refractivity contribution in [2.24, 2.45) is 0 Å². The molecular weight excluding hydrogens is 76.9 g/mol. The summed E-state index contributed by atoms with van der Waals surface area (Å²) in [6, 6.07) is 0. The van der Waals surface area contributed by atoms with Crippen LogP contribution in [0.2, 0.25) is 0 Å². The lowest BCUT2D eigenvalue weighted by molar-refractivity contribution is -0.105. The van der Waals surface area contributed by atoms with E-state index < -0.39 is 0 Å². The molecule has 0 unspecified atom stereocenters. The highest BCUT2D eigenvalue weighted by molar-refractivity contribution is 6.07. The standard InChI is InChI=1S/C3H4BNO/c1-3(2-6)5-4/h2,5H,1H2. The SMILES string of the molecule is [B]NC(=C)C=O. The number of rotatable bonds is 2. The molecule has 2 radical (unpaired) electrons. The number of carbonyl (C=O) groups is 1. The summed E-state index contributed by atoms with van der Waals surface area (Å²) in [6.45, 7) is 3.19. The molecular formula is C3H4BNO. The van der Waals surface area contributed by atoms with Crippen LogP contribution in [0.5, 0.6) is 0 Å². The Hall–Kier alpha value is -0.725. The Kier molecular flexibility index (Phi) is 2.21. The third-order valence-corrected chi connectivity index (χ3v) is 0.328. The summed E-state index contributed by atoms with van der Waals surface area (Å²) in [5.74, 6) is 0.